The molecule has 1 aliphatic carbocycles. The molecular weight excluding hydrogens is 351 g/mol. The number of halogens is 3. The van der Waals surface area contributed by atoms with E-state index in [2.05, 4.69) is 20.6 Å². The lowest BCUT2D eigenvalue weighted by Crippen LogP contribution is -2.32. The molecule has 1 amide bonds. The summed E-state index contributed by atoms with van der Waals surface area (Å²) in [4.78, 5) is 19.9. The van der Waals surface area contributed by atoms with E-state index in [1.54, 1.807) is 0 Å². The third-order valence-electron chi connectivity index (χ3n) is 3.97. The Hall–Kier alpha value is -2.10. The third-order valence-corrected chi connectivity index (χ3v) is 3.97. The van der Waals surface area contributed by atoms with Crippen molar-refractivity contribution in [3.8, 4) is 0 Å². The van der Waals surface area contributed by atoms with Crippen molar-refractivity contribution in [3.63, 3.8) is 0 Å². The minimum absolute atomic E-state index is 0.0343. The Morgan fingerprint density at radius 1 is 1.35 bits per heavy atom. The van der Waals surface area contributed by atoms with E-state index in [0.717, 1.165) is 0 Å². The van der Waals surface area contributed by atoms with E-state index in [1.165, 1.54) is 6.20 Å². The number of rotatable bonds is 7. The van der Waals surface area contributed by atoms with Crippen molar-refractivity contribution in [1.29, 1.82) is 0 Å². The Morgan fingerprint density at radius 3 is 2.54 bits per heavy atom. The smallest absolute Gasteiger partial charge is 0.369 e. The van der Waals surface area contributed by atoms with E-state index in [-0.39, 0.29) is 23.8 Å². The van der Waals surface area contributed by atoms with Gasteiger partial charge in [-0.3, -0.25) is 4.79 Å². The van der Waals surface area contributed by atoms with Crippen LogP contribution in [0.1, 0.15) is 49.9 Å². The van der Waals surface area contributed by atoms with Gasteiger partial charge < -0.3 is 21.1 Å². The number of alkyl halides is 3. The molecule has 0 atom stereocenters. The number of anilines is 2. The van der Waals surface area contributed by atoms with Crippen molar-refractivity contribution >= 4 is 17.7 Å². The van der Waals surface area contributed by atoms with Crippen LogP contribution in [0.3, 0.4) is 0 Å². The number of aromatic nitrogens is 2. The summed E-state index contributed by atoms with van der Waals surface area (Å²) in [5.41, 5.74) is 5.53. The van der Waals surface area contributed by atoms with E-state index >= 15 is 0 Å². The molecule has 0 saturated heterocycles. The summed E-state index contributed by atoms with van der Waals surface area (Å²) in [7, 11) is 0. The summed E-state index contributed by atoms with van der Waals surface area (Å²) in [5.74, 6) is 0.0760. The standard InChI is InChI=1S/C16H24F3N5O2/c1-9(2)22-14-12(13(20)25)7-21-15(24-14)23-10-3-5-11(6-4-10)26-8-16(17,18)19/h7,9-11H,3-6,8H2,1-2H3,(H2,20,25)(H2,21,22,23,24). The van der Waals surface area contributed by atoms with Crippen LogP contribution in [0.5, 0.6) is 0 Å². The first kappa shape index (κ1) is 20.2. The zero-order valence-electron chi connectivity index (χ0n) is 14.8. The average molecular weight is 375 g/mol. The molecule has 0 spiro atoms. The maximum atomic E-state index is 12.2. The van der Waals surface area contributed by atoms with E-state index < -0.39 is 18.7 Å². The molecule has 0 aliphatic heterocycles. The van der Waals surface area contributed by atoms with E-state index in [0.29, 0.717) is 37.4 Å². The Labute approximate surface area is 149 Å². The van der Waals surface area contributed by atoms with Crippen LogP contribution >= 0.6 is 0 Å². The van der Waals surface area contributed by atoms with Gasteiger partial charge in [0.2, 0.25) is 5.95 Å². The van der Waals surface area contributed by atoms with Gasteiger partial charge in [0, 0.05) is 18.3 Å². The minimum Gasteiger partial charge on any atom is -0.369 e. The second kappa shape index (κ2) is 8.52. The third kappa shape index (κ3) is 6.32. The minimum atomic E-state index is -4.30. The normalized spacial score (nSPS) is 20.8. The van der Waals surface area contributed by atoms with Crippen molar-refractivity contribution < 1.29 is 22.7 Å². The fraction of sp³-hybridized carbons (Fsp3) is 0.688. The van der Waals surface area contributed by atoms with Gasteiger partial charge in [0.25, 0.3) is 5.91 Å². The lowest BCUT2D eigenvalue weighted by atomic mass is 9.93. The molecule has 26 heavy (non-hydrogen) atoms. The van der Waals surface area contributed by atoms with Crippen LogP contribution in [0.4, 0.5) is 24.9 Å². The van der Waals surface area contributed by atoms with Crippen LogP contribution in [0.2, 0.25) is 0 Å². The van der Waals surface area contributed by atoms with Crippen LogP contribution < -0.4 is 16.4 Å². The molecule has 1 fully saturated rings. The van der Waals surface area contributed by atoms with Crippen LogP contribution in [-0.4, -0.2) is 46.8 Å². The van der Waals surface area contributed by atoms with Crippen molar-refractivity contribution in [3.05, 3.63) is 11.8 Å². The predicted molar refractivity (Wildman–Crippen MR) is 91.0 cm³/mol. The molecule has 1 heterocycles. The topological polar surface area (TPSA) is 102 Å². The molecule has 1 aliphatic rings. The van der Waals surface area contributed by atoms with E-state index in [1.807, 2.05) is 13.8 Å². The number of amides is 1. The highest BCUT2D eigenvalue weighted by atomic mass is 19.4. The number of carbonyl (C=O) groups excluding carboxylic acids is 1. The summed E-state index contributed by atoms with van der Waals surface area (Å²) in [6.45, 7) is 2.60. The fourth-order valence-corrected chi connectivity index (χ4v) is 2.78. The zero-order valence-corrected chi connectivity index (χ0v) is 14.8. The Balaban J connectivity index is 1.92. The fourth-order valence-electron chi connectivity index (χ4n) is 2.78. The predicted octanol–water partition coefficient (Wildman–Crippen LogP) is 2.70. The Kier molecular flexibility index (Phi) is 6.63. The number of nitrogens with one attached hydrogen (secondary N) is 2. The van der Waals surface area contributed by atoms with Crippen LogP contribution in [-0.2, 0) is 4.74 Å². The van der Waals surface area contributed by atoms with Gasteiger partial charge in [-0.25, -0.2) is 4.98 Å². The maximum absolute atomic E-state index is 12.2. The molecule has 0 radical (unpaired) electrons. The first-order valence-electron chi connectivity index (χ1n) is 8.52. The number of nitrogens with two attached hydrogens (primary N) is 1. The van der Waals surface area contributed by atoms with Gasteiger partial charge in [0.1, 0.15) is 12.4 Å². The number of primary amides is 1. The molecule has 1 saturated carbocycles. The van der Waals surface area contributed by atoms with Gasteiger partial charge in [-0.05, 0) is 39.5 Å². The summed E-state index contributed by atoms with van der Waals surface area (Å²) < 4.78 is 41.5. The van der Waals surface area contributed by atoms with Crippen molar-refractivity contribution in [2.24, 2.45) is 5.73 Å². The lowest BCUT2D eigenvalue weighted by molar-refractivity contribution is -0.187. The second-order valence-electron chi connectivity index (χ2n) is 6.66. The number of nitrogens with zero attached hydrogens (tertiary/aromatic N) is 2. The molecule has 4 N–H and O–H groups in total. The van der Waals surface area contributed by atoms with Gasteiger partial charge in [0.05, 0.1) is 11.7 Å². The molecule has 1 aromatic rings. The van der Waals surface area contributed by atoms with Gasteiger partial charge in [-0.2, -0.15) is 18.2 Å². The SMILES string of the molecule is CC(C)Nc1nc(NC2CCC(OCC(F)(F)F)CC2)ncc1C(N)=O. The first-order chi connectivity index (χ1) is 12.1. The van der Waals surface area contributed by atoms with E-state index in [9.17, 15) is 18.0 Å². The average Bonchev–Trinajstić information content (AvgIpc) is 2.53. The molecule has 2 rings (SSSR count). The number of carbonyl (C=O) groups is 1. The highest BCUT2D eigenvalue weighted by Gasteiger charge is 2.31. The molecule has 7 nitrogen and oxygen atoms in total. The van der Waals surface area contributed by atoms with E-state index in [4.69, 9.17) is 10.5 Å². The summed E-state index contributed by atoms with van der Waals surface area (Å²) in [6.07, 6.45) is -0.960. The lowest BCUT2D eigenvalue weighted by Gasteiger charge is -2.29. The largest absolute Gasteiger partial charge is 0.411 e. The molecule has 10 heteroatoms. The van der Waals surface area contributed by atoms with Crippen LogP contribution in [0.25, 0.3) is 0 Å². The zero-order chi connectivity index (χ0) is 19.3. The molecule has 0 aromatic carbocycles. The van der Waals surface area contributed by atoms with Crippen molar-refractivity contribution in [2.75, 3.05) is 17.2 Å². The maximum Gasteiger partial charge on any atom is 0.411 e. The Bertz CT molecular complexity index is 616. The monoisotopic (exact) mass is 375 g/mol. The van der Waals surface area contributed by atoms with Crippen molar-refractivity contribution in [2.45, 2.75) is 63.9 Å². The summed E-state index contributed by atoms with van der Waals surface area (Å²) in [6, 6.07) is 0.0872. The summed E-state index contributed by atoms with van der Waals surface area (Å²) >= 11 is 0. The molecule has 0 bridgehead atoms. The highest BCUT2D eigenvalue weighted by molar-refractivity contribution is 5.97. The van der Waals surface area contributed by atoms with Crippen LogP contribution in [0, 0.1) is 0 Å². The highest BCUT2D eigenvalue weighted by Crippen LogP contribution is 2.26. The molecule has 1 aromatic heterocycles. The van der Waals surface area contributed by atoms with Gasteiger partial charge in [-0.15, -0.1) is 0 Å². The van der Waals surface area contributed by atoms with Gasteiger partial charge in [-0.1, -0.05) is 0 Å². The molecular formula is C16H24F3N5O2. The van der Waals surface area contributed by atoms with Crippen molar-refractivity contribution in [1.82, 2.24) is 9.97 Å². The van der Waals surface area contributed by atoms with Gasteiger partial charge >= 0.3 is 6.18 Å². The Morgan fingerprint density at radius 2 is 2.00 bits per heavy atom. The summed E-state index contributed by atoms with van der Waals surface area (Å²) in [5, 5.41) is 6.21. The number of ether oxygens (including phenoxy) is 1. The van der Waals surface area contributed by atoms with Gasteiger partial charge in [0.15, 0.2) is 0 Å². The number of hydrogen-bond donors (Lipinski definition) is 3. The molecule has 0 unspecified atom stereocenters. The number of hydrogen-bond acceptors (Lipinski definition) is 6. The second-order valence-corrected chi connectivity index (χ2v) is 6.66. The van der Waals surface area contributed by atoms with Crippen LogP contribution in [0.15, 0.2) is 6.20 Å². The first-order valence-corrected chi connectivity index (χ1v) is 8.52. The molecule has 146 valence electrons. The quantitative estimate of drug-likeness (QED) is 0.677.